The molecule has 0 aromatic carbocycles. The lowest BCUT2D eigenvalue weighted by Crippen LogP contribution is -2.48. The van der Waals surface area contributed by atoms with Gasteiger partial charge in [0.05, 0.1) is 13.0 Å². The van der Waals surface area contributed by atoms with Crippen molar-refractivity contribution in [2.24, 2.45) is 11.8 Å². The highest BCUT2D eigenvalue weighted by Gasteiger charge is 2.37. The molecule has 1 heterocycles. The number of hydrogen-bond donors (Lipinski definition) is 0. The molecule has 6 nitrogen and oxygen atoms in total. The average Bonchev–Trinajstić information content (AvgIpc) is 3.35. The minimum atomic E-state index is -0.410. The summed E-state index contributed by atoms with van der Waals surface area (Å²) < 4.78 is 4.62. The standard InChI is InChI=1S/C15H24N2O4/c1-3-16(10-13(18)21-2)15(20)12-5-4-8-17(9-12)14(19)11-6-7-11/h11-12H,3-10H2,1-2H3. The second kappa shape index (κ2) is 6.91. The van der Waals surface area contributed by atoms with Crippen LogP contribution in [0.25, 0.3) is 0 Å². The van der Waals surface area contributed by atoms with Gasteiger partial charge in [-0.25, -0.2) is 0 Å². The summed E-state index contributed by atoms with van der Waals surface area (Å²) in [6.45, 7) is 3.55. The second-order valence-electron chi connectivity index (χ2n) is 5.83. The van der Waals surface area contributed by atoms with Crippen molar-refractivity contribution in [3.8, 4) is 0 Å². The first-order chi connectivity index (χ1) is 10.1. The zero-order chi connectivity index (χ0) is 15.4. The Bertz CT molecular complexity index is 420. The van der Waals surface area contributed by atoms with E-state index in [0.717, 1.165) is 32.2 Å². The minimum absolute atomic E-state index is 0.0150. The molecule has 0 radical (unpaired) electrons. The summed E-state index contributed by atoms with van der Waals surface area (Å²) >= 11 is 0. The second-order valence-corrected chi connectivity index (χ2v) is 5.83. The van der Waals surface area contributed by atoms with Crippen molar-refractivity contribution >= 4 is 17.8 Å². The van der Waals surface area contributed by atoms with Gasteiger partial charge >= 0.3 is 5.97 Å². The molecule has 118 valence electrons. The number of methoxy groups -OCH3 is 1. The first-order valence-electron chi connectivity index (χ1n) is 7.71. The van der Waals surface area contributed by atoms with Crippen LogP contribution in [0.15, 0.2) is 0 Å². The van der Waals surface area contributed by atoms with Gasteiger partial charge in [0.25, 0.3) is 0 Å². The Hall–Kier alpha value is -1.59. The fourth-order valence-corrected chi connectivity index (χ4v) is 2.79. The highest BCUT2D eigenvalue weighted by Crippen LogP contribution is 2.32. The number of likely N-dealkylation sites (tertiary alicyclic amines) is 1. The monoisotopic (exact) mass is 296 g/mol. The number of carbonyl (C=O) groups excluding carboxylic acids is 3. The first kappa shape index (κ1) is 15.8. The average molecular weight is 296 g/mol. The SMILES string of the molecule is CCN(CC(=O)OC)C(=O)C1CCCN(C(=O)C2CC2)C1. The number of likely N-dealkylation sites (N-methyl/N-ethyl adjacent to an activating group) is 1. The summed E-state index contributed by atoms with van der Waals surface area (Å²) in [4.78, 5) is 39.3. The van der Waals surface area contributed by atoms with E-state index >= 15 is 0 Å². The molecule has 1 aliphatic heterocycles. The van der Waals surface area contributed by atoms with Crippen molar-refractivity contribution in [2.45, 2.75) is 32.6 Å². The van der Waals surface area contributed by atoms with Crippen LogP contribution in [-0.2, 0) is 19.1 Å². The molecule has 1 aliphatic carbocycles. The summed E-state index contributed by atoms with van der Waals surface area (Å²) in [5.41, 5.74) is 0. The van der Waals surface area contributed by atoms with Gasteiger partial charge in [-0.15, -0.1) is 0 Å². The molecule has 2 rings (SSSR count). The Balaban J connectivity index is 1.93. The lowest BCUT2D eigenvalue weighted by atomic mass is 9.96. The summed E-state index contributed by atoms with van der Waals surface area (Å²) in [5.74, 6) is -0.256. The number of esters is 1. The molecule has 1 saturated carbocycles. The third kappa shape index (κ3) is 3.95. The fourth-order valence-electron chi connectivity index (χ4n) is 2.79. The zero-order valence-corrected chi connectivity index (χ0v) is 12.8. The topological polar surface area (TPSA) is 66.9 Å². The van der Waals surface area contributed by atoms with Crippen LogP contribution >= 0.6 is 0 Å². The number of hydrogen-bond acceptors (Lipinski definition) is 4. The van der Waals surface area contributed by atoms with Gasteiger partial charge in [0, 0.05) is 25.6 Å². The van der Waals surface area contributed by atoms with Crippen LogP contribution in [0.5, 0.6) is 0 Å². The minimum Gasteiger partial charge on any atom is -0.468 e. The smallest absolute Gasteiger partial charge is 0.325 e. The Kier molecular flexibility index (Phi) is 5.20. The summed E-state index contributed by atoms with van der Waals surface area (Å²) in [6.07, 6.45) is 3.60. The largest absolute Gasteiger partial charge is 0.468 e. The van der Waals surface area contributed by atoms with Gasteiger partial charge in [-0.3, -0.25) is 14.4 Å². The van der Waals surface area contributed by atoms with E-state index in [1.54, 1.807) is 0 Å². The van der Waals surface area contributed by atoms with E-state index in [1.165, 1.54) is 12.0 Å². The van der Waals surface area contributed by atoms with E-state index in [0.29, 0.717) is 13.1 Å². The lowest BCUT2D eigenvalue weighted by Gasteiger charge is -2.34. The maximum atomic E-state index is 12.5. The van der Waals surface area contributed by atoms with Gasteiger partial charge in [-0.2, -0.15) is 0 Å². The molecule has 6 heteroatoms. The lowest BCUT2D eigenvalue weighted by molar-refractivity contribution is -0.150. The van der Waals surface area contributed by atoms with E-state index < -0.39 is 5.97 Å². The molecular weight excluding hydrogens is 272 g/mol. The quantitative estimate of drug-likeness (QED) is 0.699. The van der Waals surface area contributed by atoms with Crippen LogP contribution in [0.4, 0.5) is 0 Å². The molecule has 1 atom stereocenters. The van der Waals surface area contributed by atoms with E-state index in [1.807, 2.05) is 11.8 Å². The van der Waals surface area contributed by atoms with Gasteiger partial charge in [-0.1, -0.05) is 0 Å². The number of nitrogens with zero attached hydrogens (tertiary/aromatic N) is 2. The molecule has 1 saturated heterocycles. The van der Waals surface area contributed by atoms with E-state index in [2.05, 4.69) is 4.74 Å². The highest BCUT2D eigenvalue weighted by molar-refractivity contribution is 5.85. The molecule has 2 aliphatic rings. The van der Waals surface area contributed by atoms with E-state index in [-0.39, 0.29) is 30.2 Å². The van der Waals surface area contributed by atoms with Crippen molar-refractivity contribution in [1.29, 1.82) is 0 Å². The van der Waals surface area contributed by atoms with Crippen LogP contribution in [0.2, 0.25) is 0 Å². The predicted molar refractivity (Wildman–Crippen MR) is 76.3 cm³/mol. The van der Waals surface area contributed by atoms with Crippen molar-refractivity contribution < 1.29 is 19.1 Å². The van der Waals surface area contributed by atoms with E-state index in [4.69, 9.17) is 0 Å². The summed E-state index contributed by atoms with van der Waals surface area (Å²) in [7, 11) is 1.32. The van der Waals surface area contributed by atoms with Crippen LogP contribution in [0, 0.1) is 11.8 Å². The molecule has 0 N–H and O–H groups in total. The first-order valence-corrected chi connectivity index (χ1v) is 7.71. The fraction of sp³-hybridized carbons (Fsp3) is 0.800. The normalized spacial score (nSPS) is 21.8. The summed E-state index contributed by atoms with van der Waals surface area (Å²) in [5, 5.41) is 0. The van der Waals surface area contributed by atoms with Crippen LogP contribution in [0.1, 0.15) is 32.6 Å². The maximum Gasteiger partial charge on any atom is 0.325 e. The Labute approximate surface area is 125 Å². The van der Waals surface area contributed by atoms with E-state index in [9.17, 15) is 14.4 Å². The molecule has 0 aromatic rings. The predicted octanol–water partition coefficient (Wildman–Crippen LogP) is 0.656. The molecular formula is C15H24N2O4. The number of piperidine rings is 1. The van der Waals surface area contributed by atoms with Crippen LogP contribution < -0.4 is 0 Å². The summed E-state index contributed by atoms with van der Waals surface area (Å²) in [6, 6.07) is 0. The zero-order valence-electron chi connectivity index (χ0n) is 12.8. The number of ether oxygens (including phenoxy) is 1. The van der Waals surface area contributed by atoms with Crippen LogP contribution in [0.3, 0.4) is 0 Å². The number of rotatable bonds is 5. The molecule has 2 fully saturated rings. The van der Waals surface area contributed by atoms with Gasteiger partial charge in [0.15, 0.2) is 0 Å². The van der Waals surface area contributed by atoms with Gasteiger partial charge in [0.2, 0.25) is 11.8 Å². The molecule has 2 amide bonds. The molecule has 21 heavy (non-hydrogen) atoms. The Morgan fingerprint density at radius 1 is 1.19 bits per heavy atom. The third-order valence-corrected chi connectivity index (χ3v) is 4.25. The van der Waals surface area contributed by atoms with Crippen molar-refractivity contribution in [2.75, 3.05) is 33.3 Å². The number of amides is 2. The van der Waals surface area contributed by atoms with Crippen molar-refractivity contribution in [1.82, 2.24) is 9.80 Å². The van der Waals surface area contributed by atoms with Crippen molar-refractivity contribution in [3.63, 3.8) is 0 Å². The van der Waals surface area contributed by atoms with Crippen LogP contribution in [-0.4, -0.2) is 60.9 Å². The van der Waals surface area contributed by atoms with Gasteiger partial charge < -0.3 is 14.5 Å². The van der Waals surface area contributed by atoms with Gasteiger partial charge in [-0.05, 0) is 32.6 Å². The molecule has 1 unspecified atom stereocenters. The van der Waals surface area contributed by atoms with Gasteiger partial charge in [0.1, 0.15) is 6.54 Å². The Morgan fingerprint density at radius 2 is 1.90 bits per heavy atom. The molecule has 0 bridgehead atoms. The molecule has 0 spiro atoms. The Morgan fingerprint density at radius 3 is 2.48 bits per heavy atom. The molecule has 0 aromatic heterocycles. The number of carbonyl (C=O) groups is 3. The van der Waals surface area contributed by atoms with Crippen molar-refractivity contribution in [3.05, 3.63) is 0 Å². The highest BCUT2D eigenvalue weighted by atomic mass is 16.5. The maximum absolute atomic E-state index is 12.5. The third-order valence-electron chi connectivity index (χ3n) is 4.25.